The molecule has 0 radical (unpaired) electrons. The van der Waals surface area contributed by atoms with Gasteiger partial charge in [-0.05, 0) is 0 Å². The number of anilines is 1. The summed E-state index contributed by atoms with van der Waals surface area (Å²) in [6.45, 7) is 3.17. The van der Waals surface area contributed by atoms with Crippen LogP contribution in [-0.4, -0.2) is 51.9 Å². The molecule has 0 spiro atoms. The zero-order valence-electron chi connectivity index (χ0n) is 8.05. The fourth-order valence-corrected chi connectivity index (χ4v) is 1.60. The van der Waals surface area contributed by atoms with Crippen LogP contribution in [0.4, 0.5) is 5.82 Å². The number of ether oxygens (including phenoxy) is 1. The van der Waals surface area contributed by atoms with Crippen molar-refractivity contribution in [3.05, 3.63) is 6.07 Å². The van der Waals surface area contributed by atoms with Gasteiger partial charge in [0.25, 0.3) is 0 Å². The maximum Gasteiger partial charge on any atom is 0.223 e. The van der Waals surface area contributed by atoms with Gasteiger partial charge in [0.2, 0.25) is 5.65 Å². The first-order chi connectivity index (χ1) is 7.43. The second kappa shape index (κ2) is 3.43. The molecule has 3 heterocycles. The Kier molecular flexibility index (Phi) is 1.95. The number of aromatic nitrogens is 5. The molecule has 1 fully saturated rings. The van der Waals surface area contributed by atoms with E-state index in [2.05, 4.69) is 30.5 Å². The Bertz CT molecular complexity index is 463. The molecular formula is C8H10N6O. The van der Waals surface area contributed by atoms with Crippen LogP contribution < -0.4 is 4.90 Å². The second-order valence-corrected chi connectivity index (χ2v) is 3.35. The standard InChI is InChI=1S/C8H10N6O/c1-3-15-4-2-14(1)7-5-6-8(11-10-7)12-13-9-6/h5H,1-4H2,(H,9,11,12,13). The van der Waals surface area contributed by atoms with Crippen LogP contribution in [-0.2, 0) is 4.74 Å². The minimum absolute atomic E-state index is 0.548. The molecule has 0 saturated carbocycles. The highest BCUT2D eigenvalue weighted by atomic mass is 16.5. The lowest BCUT2D eigenvalue weighted by molar-refractivity contribution is 0.122. The van der Waals surface area contributed by atoms with E-state index in [0.717, 1.165) is 37.6 Å². The molecule has 0 atom stereocenters. The van der Waals surface area contributed by atoms with Gasteiger partial charge in [-0.15, -0.1) is 15.3 Å². The first-order valence-electron chi connectivity index (χ1n) is 4.81. The topological polar surface area (TPSA) is 79.8 Å². The summed E-state index contributed by atoms with van der Waals surface area (Å²) < 4.78 is 5.27. The average Bonchev–Trinajstić information content (AvgIpc) is 2.77. The van der Waals surface area contributed by atoms with Crippen LogP contribution in [0.25, 0.3) is 11.2 Å². The smallest absolute Gasteiger partial charge is 0.223 e. The summed E-state index contributed by atoms with van der Waals surface area (Å²) in [7, 11) is 0. The van der Waals surface area contributed by atoms with Gasteiger partial charge in [0, 0.05) is 19.2 Å². The second-order valence-electron chi connectivity index (χ2n) is 3.35. The van der Waals surface area contributed by atoms with Gasteiger partial charge in [-0.1, -0.05) is 5.21 Å². The number of nitrogens with one attached hydrogen (secondary N) is 1. The molecule has 15 heavy (non-hydrogen) atoms. The van der Waals surface area contributed by atoms with E-state index >= 15 is 0 Å². The van der Waals surface area contributed by atoms with E-state index < -0.39 is 0 Å². The van der Waals surface area contributed by atoms with E-state index in [-0.39, 0.29) is 0 Å². The third kappa shape index (κ3) is 1.50. The van der Waals surface area contributed by atoms with E-state index in [1.165, 1.54) is 0 Å². The van der Waals surface area contributed by atoms with E-state index in [4.69, 9.17) is 4.74 Å². The lowest BCUT2D eigenvalue weighted by Gasteiger charge is -2.27. The minimum atomic E-state index is 0.548. The molecule has 1 aliphatic rings. The molecule has 0 amide bonds. The first kappa shape index (κ1) is 8.54. The quantitative estimate of drug-likeness (QED) is 0.683. The molecule has 0 unspecified atom stereocenters. The van der Waals surface area contributed by atoms with Crippen molar-refractivity contribution in [1.29, 1.82) is 0 Å². The van der Waals surface area contributed by atoms with Crippen molar-refractivity contribution in [1.82, 2.24) is 25.6 Å². The SMILES string of the molecule is c1c(N2CCOCC2)nnc2nn[nH]c12. The van der Waals surface area contributed by atoms with Crippen molar-refractivity contribution in [2.75, 3.05) is 31.2 Å². The van der Waals surface area contributed by atoms with Crippen LogP contribution in [0.1, 0.15) is 0 Å². The van der Waals surface area contributed by atoms with E-state index in [0.29, 0.717) is 5.65 Å². The zero-order chi connectivity index (χ0) is 10.1. The number of nitrogens with zero attached hydrogens (tertiary/aromatic N) is 5. The summed E-state index contributed by atoms with van der Waals surface area (Å²) in [5.74, 6) is 0.844. The number of hydrogen-bond donors (Lipinski definition) is 1. The lowest BCUT2D eigenvalue weighted by Crippen LogP contribution is -2.36. The summed E-state index contributed by atoms with van der Waals surface area (Å²) >= 11 is 0. The molecule has 78 valence electrons. The average molecular weight is 206 g/mol. The van der Waals surface area contributed by atoms with Gasteiger partial charge >= 0.3 is 0 Å². The van der Waals surface area contributed by atoms with Gasteiger partial charge in [0.15, 0.2) is 5.82 Å². The van der Waals surface area contributed by atoms with Gasteiger partial charge in [0.05, 0.1) is 13.2 Å². The van der Waals surface area contributed by atoms with Gasteiger partial charge in [-0.3, -0.25) is 5.10 Å². The van der Waals surface area contributed by atoms with E-state index in [1.807, 2.05) is 6.07 Å². The van der Waals surface area contributed by atoms with Crippen molar-refractivity contribution >= 4 is 17.0 Å². The van der Waals surface area contributed by atoms with Gasteiger partial charge in [0.1, 0.15) is 5.52 Å². The van der Waals surface area contributed by atoms with Crippen LogP contribution in [0, 0.1) is 0 Å². The maximum absolute atomic E-state index is 5.27. The van der Waals surface area contributed by atoms with Crippen LogP contribution in [0.15, 0.2) is 6.07 Å². The molecule has 1 saturated heterocycles. The van der Waals surface area contributed by atoms with Crippen LogP contribution in [0.5, 0.6) is 0 Å². The van der Waals surface area contributed by atoms with Gasteiger partial charge in [-0.25, -0.2) is 0 Å². The third-order valence-corrected chi connectivity index (χ3v) is 2.41. The molecule has 2 aromatic heterocycles. The third-order valence-electron chi connectivity index (χ3n) is 2.41. The fourth-order valence-electron chi connectivity index (χ4n) is 1.60. The summed E-state index contributed by atoms with van der Waals surface area (Å²) in [6.07, 6.45) is 0. The molecular weight excluding hydrogens is 196 g/mol. The summed E-state index contributed by atoms with van der Waals surface area (Å²) in [5, 5.41) is 18.3. The number of aromatic amines is 1. The highest BCUT2D eigenvalue weighted by Gasteiger charge is 2.13. The molecule has 1 aliphatic heterocycles. The molecule has 1 N–H and O–H groups in total. The Hall–Kier alpha value is -1.76. The number of H-pyrrole nitrogens is 1. The van der Waals surface area contributed by atoms with Crippen LogP contribution in [0.2, 0.25) is 0 Å². The highest BCUT2D eigenvalue weighted by Crippen LogP contribution is 2.14. The predicted octanol–water partition coefficient (Wildman–Crippen LogP) is -0.416. The van der Waals surface area contributed by atoms with Crippen molar-refractivity contribution in [3.63, 3.8) is 0 Å². The van der Waals surface area contributed by atoms with Crippen molar-refractivity contribution in [2.45, 2.75) is 0 Å². The lowest BCUT2D eigenvalue weighted by atomic mass is 10.4. The Labute approximate surface area is 85.4 Å². The van der Waals surface area contributed by atoms with Crippen molar-refractivity contribution < 1.29 is 4.74 Å². The molecule has 7 nitrogen and oxygen atoms in total. The largest absolute Gasteiger partial charge is 0.378 e. The molecule has 7 heteroatoms. The van der Waals surface area contributed by atoms with Crippen LogP contribution >= 0.6 is 0 Å². The maximum atomic E-state index is 5.27. The Morgan fingerprint density at radius 3 is 2.93 bits per heavy atom. The number of morpholine rings is 1. The number of fused-ring (bicyclic) bond motifs is 1. The molecule has 0 bridgehead atoms. The minimum Gasteiger partial charge on any atom is -0.378 e. The van der Waals surface area contributed by atoms with Crippen molar-refractivity contribution in [3.8, 4) is 0 Å². The fraction of sp³-hybridized carbons (Fsp3) is 0.500. The molecule has 0 aromatic carbocycles. The van der Waals surface area contributed by atoms with Crippen molar-refractivity contribution in [2.24, 2.45) is 0 Å². The predicted molar refractivity (Wildman–Crippen MR) is 52.5 cm³/mol. The summed E-state index contributed by atoms with van der Waals surface area (Å²) in [4.78, 5) is 2.14. The van der Waals surface area contributed by atoms with Crippen LogP contribution in [0.3, 0.4) is 0 Å². The molecule has 0 aliphatic carbocycles. The van der Waals surface area contributed by atoms with E-state index in [9.17, 15) is 0 Å². The Balaban J connectivity index is 1.95. The first-order valence-corrected chi connectivity index (χ1v) is 4.81. The van der Waals surface area contributed by atoms with Gasteiger partial charge in [-0.2, -0.15) is 0 Å². The Morgan fingerprint density at radius 1 is 1.20 bits per heavy atom. The highest BCUT2D eigenvalue weighted by molar-refractivity contribution is 5.71. The van der Waals surface area contributed by atoms with E-state index in [1.54, 1.807) is 0 Å². The Morgan fingerprint density at radius 2 is 2.07 bits per heavy atom. The number of hydrogen-bond acceptors (Lipinski definition) is 6. The summed E-state index contributed by atoms with van der Waals surface area (Å²) in [6, 6.07) is 1.91. The summed E-state index contributed by atoms with van der Waals surface area (Å²) in [5.41, 5.74) is 1.36. The number of rotatable bonds is 1. The normalized spacial score (nSPS) is 17.2. The molecule has 2 aromatic rings. The monoisotopic (exact) mass is 206 g/mol. The zero-order valence-corrected chi connectivity index (χ0v) is 8.05. The molecule has 3 rings (SSSR count). The van der Waals surface area contributed by atoms with Gasteiger partial charge < -0.3 is 9.64 Å².